The van der Waals surface area contributed by atoms with Gasteiger partial charge in [-0.25, -0.2) is 9.97 Å². The molecule has 4 heterocycles. The lowest BCUT2D eigenvalue weighted by Gasteiger charge is -2.48. The van der Waals surface area contributed by atoms with Gasteiger partial charge in [-0.15, -0.1) is 0 Å². The Bertz CT molecular complexity index is 802. The van der Waals surface area contributed by atoms with Gasteiger partial charge >= 0.3 is 0 Å². The summed E-state index contributed by atoms with van der Waals surface area (Å²) in [7, 11) is 0. The summed E-state index contributed by atoms with van der Waals surface area (Å²) >= 11 is 0. The molecule has 0 atom stereocenters. The summed E-state index contributed by atoms with van der Waals surface area (Å²) in [6.45, 7) is 5.77. The first-order chi connectivity index (χ1) is 13.7. The number of carbonyl (C=O) groups excluding carboxylic acids is 1. The second-order valence-corrected chi connectivity index (χ2v) is 8.21. The molecular formula is C22H29N5O. The van der Waals surface area contributed by atoms with Crippen LogP contribution in [0.4, 0.5) is 5.82 Å². The molecule has 2 aliphatic heterocycles. The largest absolute Gasteiger partial charge is 0.356 e. The highest BCUT2D eigenvalue weighted by Crippen LogP contribution is 2.41. The number of piperidine rings is 2. The summed E-state index contributed by atoms with van der Waals surface area (Å²) in [5.41, 5.74) is 2.65. The summed E-state index contributed by atoms with van der Waals surface area (Å²) < 4.78 is 0. The fraction of sp³-hybridized carbons (Fsp3) is 0.545. The predicted molar refractivity (Wildman–Crippen MR) is 109 cm³/mol. The van der Waals surface area contributed by atoms with Gasteiger partial charge in [0.2, 0.25) is 5.91 Å². The minimum Gasteiger partial charge on any atom is -0.356 e. The fourth-order valence-corrected chi connectivity index (χ4v) is 4.64. The molecule has 0 N–H and O–H groups in total. The van der Waals surface area contributed by atoms with Crippen LogP contribution in [-0.2, 0) is 17.8 Å². The molecule has 2 aliphatic rings. The Kier molecular flexibility index (Phi) is 5.55. The molecule has 0 saturated carbocycles. The van der Waals surface area contributed by atoms with Crippen LogP contribution >= 0.6 is 0 Å². The summed E-state index contributed by atoms with van der Waals surface area (Å²) in [5, 5.41) is 0. The molecule has 2 aromatic rings. The first-order valence-electron chi connectivity index (χ1n) is 10.4. The maximum Gasteiger partial charge on any atom is 0.222 e. The van der Waals surface area contributed by atoms with E-state index in [1.54, 1.807) is 18.7 Å². The quantitative estimate of drug-likeness (QED) is 0.798. The van der Waals surface area contributed by atoms with Crippen molar-refractivity contribution < 1.29 is 4.79 Å². The number of rotatable bonds is 5. The minimum absolute atomic E-state index is 0.245. The summed E-state index contributed by atoms with van der Waals surface area (Å²) in [5.74, 6) is 1.39. The van der Waals surface area contributed by atoms with Crippen molar-refractivity contribution in [3.05, 3.63) is 48.2 Å². The second kappa shape index (κ2) is 8.25. The molecule has 2 saturated heterocycles. The predicted octanol–water partition coefficient (Wildman–Crippen LogP) is 3.23. The van der Waals surface area contributed by atoms with Crippen LogP contribution in [0.25, 0.3) is 0 Å². The molecule has 4 rings (SSSR count). The van der Waals surface area contributed by atoms with Crippen LogP contribution in [0.5, 0.6) is 0 Å². The van der Waals surface area contributed by atoms with Gasteiger partial charge in [-0.05, 0) is 48.8 Å². The molecule has 0 bridgehead atoms. The van der Waals surface area contributed by atoms with Crippen LogP contribution in [-0.4, -0.2) is 45.4 Å². The number of aryl methyl sites for hydroxylation is 1. The van der Waals surface area contributed by atoms with Crippen molar-refractivity contribution in [3.63, 3.8) is 0 Å². The maximum atomic E-state index is 12.5. The number of nitrogens with zero attached hydrogens (tertiary/aromatic N) is 5. The Morgan fingerprint density at radius 3 is 2.64 bits per heavy atom. The van der Waals surface area contributed by atoms with Gasteiger partial charge in [-0.2, -0.15) is 0 Å². The van der Waals surface area contributed by atoms with E-state index in [2.05, 4.69) is 31.7 Å². The van der Waals surface area contributed by atoms with Gasteiger partial charge in [0.05, 0.1) is 0 Å². The van der Waals surface area contributed by atoms with Crippen molar-refractivity contribution >= 4 is 11.7 Å². The molecule has 0 aromatic carbocycles. The lowest BCUT2D eigenvalue weighted by molar-refractivity contribution is -0.139. The van der Waals surface area contributed by atoms with Gasteiger partial charge < -0.3 is 9.80 Å². The fourth-order valence-electron chi connectivity index (χ4n) is 4.64. The summed E-state index contributed by atoms with van der Waals surface area (Å²) in [6.07, 6.45) is 13.3. The maximum absolute atomic E-state index is 12.5. The van der Waals surface area contributed by atoms with Gasteiger partial charge in [-0.3, -0.25) is 9.78 Å². The van der Waals surface area contributed by atoms with Gasteiger partial charge in [0.15, 0.2) is 0 Å². The van der Waals surface area contributed by atoms with E-state index in [4.69, 9.17) is 0 Å². The van der Waals surface area contributed by atoms with E-state index in [1.165, 1.54) is 5.56 Å². The highest BCUT2D eigenvalue weighted by atomic mass is 16.2. The van der Waals surface area contributed by atoms with Gasteiger partial charge in [0, 0.05) is 56.8 Å². The van der Waals surface area contributed by atoms with Gasteiger partial charge in [0.25, 0.3) is 0 Å². The zero-order valence-corrected chi connectivity index (χ0v) is 16.7. The van der Waals surface area contributed by atoms with Crippen molar-refractivity contribution in [1.29, 1.82) is 0 Å². The highest BCUT2D eigenvalue weighted by molar-refractivity contribution is 5.77. The Morgan fingerprint density at radius 1 is 1.11 bits per heavy atom. The highest BCUT2D eigenvalue weighted by Gasteiger charge is 2.41. The molecule has 6 heteroatoms. The standard InChI is InChI=1S/C22H29N5O/c1-2-3-19-14-24-17-25-21(19)26-12-8-22(9-13-26)7-4-20(28)27(16-22)15-18-5-10-23-11-6-18/h5-6,10-11,14,17H,2-4,7-9,12-13,15-16H2,1H3. The van der Waals surface area contributed by atoms with E-state index < -0.39 is 0 Å². The zero-order valence-electron chi connectivity index (χ0n) is 16.7. The number of pyridine rings is 1. The van der Waals surface area contributed by atoms with Crippen LogP contribution in [0.15, 0.2) is 37.1 Å². The Morgan fingerprint density at radius 2 is 1.89 bits per heavy atom. The summed E-state index contributed by atoms with van der Waals surface area (Å²) in [4.78, 5) is 29.9. The normalized spacial score (nSPS) is 19.2. The van der Waals surface area contributed by atoms with Crippen molar-refractivity contribution in [2.24, 2.45) is 5.41 Å². The number of hydrogen-bond donors (Lipinski definition) is 0. The summed E-state index contributed by atoms with van der Waals surface area (Å²) in [6, 6.07) is 4.00. The Balaban J connectivity index is 1.43. The molecule has 6 nitrogen and oxygen atoms in total. The molecule has 0 radical (unpaired) electrons. The van der Waals surface area contributed by atoms with E-state index in [1.807, 2.05) is 18.3 Å². The van der Waals surface area contributed by atoms with E-state index in [0.717, 1.165) is 63.1 Å². The van der Waals surface area contributed by atoms with E-state index >= 15 is 0 Å². The molecule has 148 valence electrons. The molecule has 2 fully saturated rings. The Hall–Kier alpha value is -2.50. The topological polar surface area (TPSA) is 62.2 Å². The van der Waals surface area contributed by atoms with E-state index in [0.29, 0.717) is 13.0 Å². The zero-order chi connectivity index (χ0) is 19.4. The number of anilines is 1. The molecule has 1 amide bonds. The average molecular weight is 380 g/mol. The van der Waals surface area contributed by atoms with Crippen LogP contribution in [0.2, 0.25) is 0 Å². The van der Waals surface area contributed by atoms with Crippen LogP contribution < -0.4 is 4.90 Å². The number of amides is 1. The number of likely N-dealkylation sites (tertiary alicyclic amines) is 1. The van der Waals surface area contributed by atoms with Crippen molar-refractivity contribution in [2.45, 2.75) is 52.0 Å². The minimum atomic E-state index is 0.245. The van der Waals surface area contributed by atoms with Gasteiger partial charge in [-0.1, -0.05) is 13.3 Å². The SMILES string of the molecule is CCCc1cncnc1N1CCC2(CCC(=O)N(Cc3ccncc3)C2)CC1. The molecule has 1 spiro atoms. The third kappa shape index (κ3) is 4.01. The molecule has 0 unspecified atom stereocenters. The molecule has 0 aliphatic carbocycles. The third-order valence-corrected chi connectivity index (χ3v) is 6.28. The molecule has 28 heavy (non-hydrogen) atoms. The van der Waals surface area contributed by atoms with Crippen molar-refractivity contribution in [1.82, 2.24) is 19.9 Å². The number of carbonyl (C=O) groups is 1. The molecule has 2 aromatic heterocycles. The Labute approximate surface area is 167 Å². The van der Waals surface area contributed by atoms with Crippen LogP contribution in [0.3, 0.4) is 0 Å². The first-order valence-corrected chi connectivity index (χ1v) is 10.4. The lowest BCUT2D eigenvalue weighted by atomic mass is 9.72. The molecular weight excluding hydrogens is 350 g/mol. The second-order valence-electron chi connectivity index (χ2n) is 8.21. The van der Waals surface area contributed by atoms with Crippen molar-refractivity contribution in [2.75, 3.05) is 24.5 Å². The van der Waals surface area contributed by atoms with Crippen LogP contribution in [0.1, 0.15) is 50.2 Å². The lowest BCUT2D eigenvalue weighted by Crippen LogP contribution is -2.51. The first kappa shape index (κ1) is 18.8. The van der Waals surface area contributed by atoms with E-state index in [-0.39, 0.29) is 11.3 Å². The average Bonchev–Trinajstić information content (AvgIpc) is 2.73. The third-order valence-electron chi connectivity index (χ3n) is 6.28. The monoisotopic (exact) mass is 379 g/mol. The number of aromatic nitrogens is 3. The van der Waals surface area contributed by atoms with E-state index in [9.17, 15) is 4.79 Å². The number of hydrogen-bond acceptors (Lipinski definition) is 5. The van der Waals surface area contributed by atoms with Crippen molar-refractivity contribution in [3.8, 4) is 0 Å². The van der Waals surface area contributed by atoms with Crippen LogP contribution in [0, 0.1) is 5.41 Å². The smallest absolute Gasteiger partial charge is 0.222 e. The van der Waals surface area contributed by atoms with Gasteiger partial charge in [0.1, 0.15) is 12.1 Å².